The molecule has 1 aromatic heterocycles. The number of nitrogen functional groups attached to an aromatic ring is 1. The fourth-order valence-electron chi connectivity index (χ4n) is 1.28. The molecule has 94 valence electrons. The quantitative estimate of drug-likeness (QED) is 0.649. The highest BCUT2D eigenvalue weighted by molar-refractivity contribution is 5.99. The van der Waals surface area contributed by atoms with Crippen molar-refractivity contribution in [2.24, 2.45) is 0 Å². The van der Waals surface area contributed by atoms with E-state index < -0.39 is 0 Å². The number of nitrogens with one attached hydrogen (secondary N) is 2. The average molecular weight is 239 g/mol. The van der Waals surface area contributed by atoms with Crippen LogP contribution in [0.15, 0.2) is 6.20 Å². The lowest BCUT2D eigenvalue weighted by Crippen LogP contribution is -2.38. The molecule has 0 fully saturated rings. The topological polar surface area (TPSA) is 104 Å². The van der Waals surface area contributed by atoms with Crippen LogP contribution in [0.3, 0.4) is 0 Å². The van der Waals surface area contributed by atoms with Crippen LogP contribution < -0.4 is 11.1 Å². The maximum absolute atomic E-state index is 11.8. The zero-order valence-corrected chi connectivity index (χ0v) is 9.99. The second kappa shape index (κ2) is 5.88. The van der Waals surface area contributed by atoms with Gasteiger partial charge in [-0.2, -0.15) is 5.10 Å². The van der Waals surface area contributed by atoms with Crippen molar-refractivity contribution in [3.05, 3.63) is 11.8 Å². The van der Waals surface area contributed by atoms with Crippen molar-refractivity contribution in [1.29, 1.82) is 0 Å². The fourth-order valence-corrected chi connectivity index (χ4v) is 1.28. The minimum atomic E-state index is -0.331. The number of rotatable bonds is 5. The lowest BCUT2D eigenvalue weighted by molar-refractivity contribution is -0.121. The third kappa shape index (κ3) is 3.47. The molecule has 0 spiro atoms. The standard InChI is InChI=1S/C10H17N5O2/c1-3-4-12-8(16)6-15(2)10(17)7-5-13-14-9(7)11/h5H,3-4,6H2,1-2H3,(H,12,16)(H3,11,13,14). The molecule has 0 aliphatic heterocycles. The number of nitrogens with two attached hydrogens (primary N) is 1. The number of amides is 2. The lowest BCUT2D eigenvalue weighted by Gasteiger charge is -2.16. The Labute approximate surface area is 99.4 Å². The molecule has 2 amide bonds. The number of carbonyl (C=O) groups is 2. The number of nitrogens with zero attached hydrogens (tertiary/aromatic N) is 2. The summed E-state index contributed by atoms with van der Waals surface area (Å²) < 4.78 is 0. The number of hydrogen-bond acceptors (Lipinski definition) is 4. The Balaban J connectivity index is 2.53. The van der Waals surface area contributed by atoms with Crippen molar-refractivity contribution >= 4 is 17.6 Å². The molecular weight excluding hydrogens is 222 g/mol. The second-order valence-corrected chi connectivity index (χ2v) is 3.71. The van der Waals surface area contributed by atoms with Gasteiger partial charge in [-0.3, -0.25) is 14.7 Å². The summed E-state index contributed by atoms with van der Waals surface area (Å²) in [4.78, 5) is 24.6. The first-order valence-corrected chi connectivity index (χ1v) is 5.37. The van der Waals surface area contributed by atoms with Crippen LogP contribution in [0.1, 0.15) is 23.7 Å². The van der Waals surface area contributed by atoms with Gasteiger partial charge in [-0.1, -0.05) is 6.92 Å². The lowest BCUT2D eigenvalue weighted by atomic mass is 10.3. The summed E-state index contributed by atoms with van der Waals surface area (Å²) in [5.41, 5.74) is 5.80. The van der Waals surface area contributed by atoms with Gasteiger partial charge in [0.15, 0.2) is 0 Å². The minimum Gasteiger partial charge on any atom is -0.383 e. The van der Waals surface area contributed by atoms with Gasteiger partial charge < -0.3 is 16.0 Å². The van der Waals surface area contributed by atoms with Gasteiger partial charge in [0.2, 0.25) is 5.91 Å². The number of anilines is 1. The van der Waals surface area contributed by atoms with Crippen LogP contribution in [0.5, 0.6) is 0 Å². The molecule has 0 saturated heterocycles. The maximum atomic E-state index is 11.8. The van der Waals surface area contributed by atoms with E-state index in [1.807, 2.05) is 6.92 Å². The first-order chi connectivity index (χ1) is 8.06. The van der Waals surface area contributed by atoms with Gasteiger partial charge in [-0.15, -0.1) is 0 Å². The third-order valence-corrected chi connectivity index (χ3v) is 2.20. The summed E-state index contributed by atoms with van der Waals surface area (Å²) in [5, 5.41) is 8.82. The highest BCUT2D eigenvalue weighted by atomic mass is 16.2. The van der Waals surface area contributed by atoms with Crippen LogP contribution in [0.25, 0.3) is 0 Å². The molecule has 0 aliphatic carbocycles. The van der Waals surface area contributed by atoms with E-state index in [1.54, 1.807) is 7.05 Å². The number of likely N-dealkylation sites (N-methyl/N-ethyl adjacent to an activating group) is 1. The summed E-state index contributed by atoms with van der Waals surface area (Å²) in [5.74, 6) is -0.316. The van der Waals surface area contributed by atoms with E-state index in [1.165, 1.54) is 11.1 Å². The van der Waals surface area contributed by atoms with E-state index >= 15 is 0 Å². The monoisotopic (exact) mass is 239 g/mol. The third-order valence-electron chi connectivity index (χ3n) is 2.20. The van der Waals surface area contributed by atoms with Crippen molar-refractivity contribution in [2.45, 2.75) is 13.3 Å². The predicted molar refractivity (Wildman–Crippen MR) is 63.3 cm³/mol. The zero-order chi connectivity index (χ0) is 12.8. The Morgan fingerprint density at radius 2 is 2.29 bits per heavy atom. The largest absolute Gasteiger partial charge is 0.383 e. The van der Waals surface area contributed by atoms with Gasteiger partial charge in [-0.25, -0.2) is 0 Å². The molecule has 17 heavy (non-hydrogen) atoms. The van der Waals surface area contributed by atoms with Gasteiger partial charge in [-0.05, 0) is 6.42 Å². The molecule has 0 aromatic carbocycles. The van der Waals surface area contributed by atoms with E-state index in [9.17, 15) is 9.59 Å². The van der Waals surface area contributed by atoms with E-state index in [0.717, 1.165) is 6.42 Å². The molecule has 0 bridgehead atoms. The molecule has 0 atom stereocenters. The van der Waals surface area contributed by atoms with Crippen LogP contribution in [0.2, 0.25) is 0 Å². The van der Waals surface area contributed by atoms with Crippen molar-refractivity contribution < 1.29 is 9.59 Å². The molecule has 0 radical (unpaired) electrons. The van der Waals surface area contributed by atoms with Gasteiger partial charge in [0.1, 0.15) is 11.4 Å². The summed E-state index contributed by atoms with van der Waals surface area (Å²) in [7, 11) is 1.54. The van der Waals surface area contributed by atoms with Gasteiger partial charge in [0, 0.05) is 13.6 Å². The molecule has 4 N–H and O–H groups in total. The molecule has 7 heteroatoms. The van der Waals surface area contributed by atoms with Crippen LogP contribution in [0.4, 0.5) is 5.82 Å². The summed E-state index contributed by atoms with van der Waals surface area (Å²) in [6, 6.07) is 0. The average Bonchev–Trinajstić information content (AvgIpc) is 2.71. The van der Waals surface area contributed by atoms with Gasteiger partial charge >= 0.3 is 0 Å². The van der Waals surface area contributed by atoms with Crippen LogP contribution >= 0.6 is 0 Å². The number of aromatic amines is 1. The summed E-state index contributed by atoms with van der Waals surface area (Å²) >= 11 is 0. The molecular formula is C10H17N5O2. The maximum Gasteiger partial charge on any atom is 0.259 e. The normalized spacial score (nSPS) is 10.0. The number of carbonyl (C=O) groups excluding carboxylic acids is 2. The van der Waals surface area contributed by atoms with E-state index in [-0.39, 0.29) is 29.7 Å². The van der Waals surface area contributed by atoms with Crippen molar-refractivity contribution in [3.63, 3.8) is 0 Å². The zero-order valence-electron chi connectivity index (χ0n) is 9.99. The van der Waals surface area contributed by atoms with E-state index in [2.05, 4.69) is 15.5 Å². The van der Waals surface area contributed by atoms with Gasteiger partial charge in [0.05, 0.1) is 12.7 Å². The van der Waals surface area contributed by atoms with Gasteiger partial charge in [0.25, 0.3) is 5.91 Å². The predicted octanol–water partition coefficient (Wildman–Crippen LogP) is -0.410. The molecule has 7 nitrogen and oxygen atoms in total. The Bertz CT molecular complexity index is 401. The molecule has 1 heterocycles. The first-order valence-electron chi connectivity index (χ1n) is 5.37. The first kappa shape index (κ1) is 13.0. The fraction of sp³-hybridized carbons (Fsp3) is 0.500. The van der Waals surface area contributed by atoms with Crippen molar-refractivity contribution in [1.82, 2.24) is 20.4 Å². The SMILES string of the molecule is CCCNC(=O)CN(C)C(=O)c1cn[nH]c1N. The number of aromatic nitrogens is 2. The Kier molecular flexibility index (Phi) is 4.50. The second-order valence-electron chi connectivity index (χ2n) is 3.71. The van der Waals surface area contributed by atoms with E-state index in [0.29, 0.717) is 6.54 Å². The van der Waals surface area contributed by atoms with Crippen molar-refractivity contribution in [2.75, 3.05) is 25.9 Å². The number of H-pyrrole nitrogens is 1. The molecule has 0 aliphatic rings. The number of hydrogen-bond donors (Lipinski definition) is 3. The summed E-state index contributed by atoms with van der Waals surface area (Å²) in [6.07, 6.45) is 2.20. The molecule has 1 rings (SSSR count). The summed E-state index contributed by atoms with van der Waals surface area (Å²) in [6.45, 7) is 2.57. The van der Waals surface area contributed by atoms with Crippen LogP contribution in [-0.2, 0) is 4.79 Å². The van der Waals surface area contributed by atoms with Crippen LogP contribution in [-0.4, -0.2) is 47.0 Å². The minimum absolute atomic E-state index is 0.00343. The Morgan fingerprint density at radius 1 is 1.59 bits per heavy atom. The van der Waals surface area contributed by atoms with Crippen molar-refractivity contribution in [3.8, 4) is 0 Å². The highest BCUT2D eigenvalue weighted by Gasteiger charge is 2.18. The molecule has 0 unspecified atom stereocenters. The Hall–Kier alpha value is -2.05. The van der Waals surface area contributed by atoms with E-state index in [4.69, 9.17) is 5.73 Å². The van der Waals surface area contributed by atoms with Crippen LogP contribution in [0, 0.1) is 0 Å². The Morgan fingerprint density at radius 3 is 2.82 bits per heavy atom. The highest BCUT2D eigenvalue weighted by Crippen LogP contribution is 2.08. The molecule has 0 saturated carbocycles. The smallest absolute Gasteiger partial charge is 0.259 e. The molecule has 1 aromatic rings.